The molecule has 0 heterocycles. The second-order valence-corrected chi connectivity index (χ2v) is 4.45. The van der Waals surface area contributed by atoms with E-state index in [1.54, 1.807) is 0 Å². The lowest BCUT2D eigenvalue weighted by atomic mass is 10.0. The number of carboxylic acid groups (broad SMARTS) is 1. The van der Waals surface area contributed by atoms with Gasteiger partial charge in [-0.25, -0.2) is 9.18 Å². The number of benzene rings is 2. The zero-order valence-corrected chi connectivity index (χ0v) is 11.5. The van der Waals surface area contributed by atoms with Gasteiger partial charge in [0.05, 0.1) is 0 Å². The maximum Gasteiger partial charge on any atom is 0.573 e. The number of rotatable bonds is 4. The summed E-state index contributed by atoms with van der Waals surface area (Å²) >= 11 is 0. The summed E-state index contributed by atoms with van der Waals surface area (Å²) in [7, 11) is 0. The van der Waals surface area contributed by atoms with Gasteiger partial charge in [0.2, 0.25) is 0 Å². The summed E-state index contributed by atoms with van der Waals surface area (Å²) in [6.07, 6.45) is -3.10. The van der Waals surface area contributed by atoms with Crippen LogP contribution >= 0.6 is 0 Å². The predicted octanol–water partition coefficient (Wildman–Crippen LogP) is 4.49. The van der Waals surface area contributed by atoms with Gasteiger partial charge in [0, 0.05) is 17.2 Å². The van der Waals surface area contributed by atoms with Crippen LogP contribution in [0.5, 0.6) is 5.75 Å². The summed E-state index contributed by atoms with van der Waals surface area (Å²) in [4.78, 5) is 10.5. The highest BCUT2D eigenvalue weighted by molar-refractivity contribution is 5.86. The quantitative estimate of drug-likeness (QED) is 0.665. The summed E-state index contributed by atoms with van der Waals surface area (Å²) in [5.41, 5.74) is 0.304. The Morgan fingerprint density at radius 3 is 2.48 bits per heavy atom. The van der Waals surface area contributed by atoms with Crippen molar-refractivity contribution in [2.45, 2.75) is 6.36 Å². The van der Waals surface area contributed by atoms with Crippen molar-refractivity contribution >= 4 is 12.0 Å². The van der Waals surface area contributed by atoms with E-state index >= 15 is 0 Å². The first-order chi connectivity index (χ1) is 10.8. The largest absolute Gasteiger partial charge is 0.573 e. The summed E-state index contributed by atoms with van der Waals surface area (Å²) in [6.45, 7) is 0. The number of halogens is 4. The van der Waals surface area contributed by atoms with Crippen LogP contribution < -0.4 is 4.74 Å². The molecule has 0 aliphatic heterocycles. The number of aliphatic carboxylic acids is 1. The van der Waals surface area contributed by atoms with Crippen LogP contribution in [0, 0.1) is 5.82 Å². The average Bonchev–Trinajstić information content (AvgIpc) is 2.45. The number of carboxylic acids is 1. The minimum atomic E-state index is -4.86. The number of carbonyl (C=O) groups is 1. The third-order valence-corrected chi connectivity index (χ3v) is 2.83. The molecule has 0 unspecified atom stereocenters. The van der Waals surface area contributed by atoms with Crippen LogP contribution in [0.1, 0.15) is 5.56 Å². The standard InChI is InChI=1S/C16H10F4O3/c17-13-7-5-10(9-11(13)6-8-15(21)22)12-3-1-2-4-14(12)23-16(18,19)20/h1-9H,(H,21,22)/b8-6+. The molecule has 0 amide bonds. The first-order valence-corrected chi connectivity index (χ1v) is 6.32. The molecular formula is C16H10F4O3. The van der Waals surface area contributed by atoms with E-state index in [0.717, 1.165) is 24.3 Å². The van der Waals surface area contributed by atoms with Gasteiger partial charge in [-0.1, -0.05) is 24.3 Å². The predicted molar refractivity (Wildman–Crippen MR) is 75.2 cm³/mol. The molecule has 7 heteroatoms. The van der Waals surface area contributed by atoms with Crippen LogP contribution in [0.2, 0.25) is 0 Å². The second-order valence-electron chi connectivity index (χ2n) is 4.45. The molecule has 0 aromatic heterocycles. The Kier molecular flexibility index (Phi) is 4.68. The van der Waals surface area contributed by atoms with Crippen LogP contribution in [0.25, 0.3) is 17.2 Å². The monoisotopic (exact) mass is 326 g/mol. The third kappa shape index (κ3) is 4.57. The number of alkyl halides is 3. The summed E-state index contributed by atoms with van der Waals surface area (Å²) in [5, 5.41) is 8.57. The minimum Gasteiger partial charge on any atom is -0.478 e. The van der Waals surface area contributed by atoms with Gasteiger partial charge in [-0.05, 0) is 29.8 Å². The highest BCUT2D eigenvalue weighted by Crippen LogP contribution is 2.34. The van der Waals surface area contributed by atoms with E-state index in [9.17, 15) is 22.4 Å². The first kappa shape index (κ1) is 16.5. The van der Waals surface area contributed by atoms with E-state index in [-0.39, 0.29) is 16.7 Å². The van der Waals surface area contributed by atoms with Crippen molar-refractivity contribution in [1.82, 2.24) is 0 Å². The molecule has 0 aliphatic carbocycles. The third-order valence-electron chi connectivity index (χ3n) is 2.83. The molecule has 3 nitrogen and oxygen atoms in total. The highest BCUT2D eigenvalue weighted by atomic mass is 19.4. The van der Waals surface area contributed by atoms with Crippen molar-refractivity contribution in [3.63, 3.8) is 0 Å². The maximum absolute atomic E-state index is 13.7. The topological polar surface area (TPSA) is 46.5 Å². The first-order valence-electron chi connectivity index (χ1n) is 6.32. The van der Waals surface area contributed by atoms with Crippen molar-refractivity contribution in [3.05, 3.63) is 59.9 Å². The number of hydrogen-bond acceptors (Lipinski definition) is 2. The Labute approximate surface area is 128 Å². The van der Waals surface area contributed by atoms with E-state index in [0.29, 0.717) is 0 Å². The van der Waals surface area contributed by atoms with Crippen LogP contribution in [-0.2, 0) is 4.79 Å². The van der Waals surface area contributed by atoms with Crippen molar-refractivity contribution < 1.29 is 32.2 Å². The molecule has 120 valence electrons. The molecule has 0 spiro atoms. The SMILES string of the molecule is O=C(O)/C=C/c1cc(-c2ccccc2OC(F)(F)F)ccc1F. The van der Waals surface area contributed by atoms with E-state index in [1.165, 1.54) is 30.3 Å². The molecule has 0 fully saturated rings. The van der Waals surface area contributed by atoms with Crippen LogP contribution in [-0.4, -0.2) is 17.4 Å². The Morgan fingerprint density at radius 2 is 1.83 bits per heavy atom. The van der Waals surface area contributed by atoms with Crippen molar-refractivity contribution in [1.29, 1.82) is 0 Å². The van der Waals surface area contributed by atoms with E-state index in [1.807, 2.05) is 0 Å². The zero-order valence-electron chi connectivity index (χ0n) is 11.5. The van der Waals surface area contributed by atoms with Crippen molar-refractivity contribution in [3.8, 4) is 16.9 Å². The lowest BCUT2D eigenvalue weighted by Gasteiger charge is -2.13. The molecule has 2 aromatic rings. The van der Waals surface area contributed by atoms with Crippen LogP contribution in [0.4, 0.5) is 17.6 Å². The minimum absolute atomic E-state index is 0.0632. The smallest absolute Gasteiger partial charge is 0.478 e. The summed E-state index contributed by atoms with van der Waals surface area (Å²) < 4.78 is 54.9. The van der Waals surface area contributed by atoms with E-state index in [4.69, 9.17) is 5.11 Å². The molecule has 1 N–H and O–H groups in total. The number of para-hydroxylation sites is 1. The number of ether oxygens (including phenoxy) is 1. The molecular weight excluding hydrogens is 316 g/mol. The fraction of sp³-hybridized carbons (Fsp3) is 0.0625. The molecule has 23 heavy (non-hydrogen) atoms. The van der Waals surface area contributed by atoms with Gasteiger partial charge in [0.15, 0.2) is 0 Å². The summed E-state index contributed by atoms with van der Waals surface area (Å²) in [5.74, 6) is -2.39. The molecule has 0 aliphatic rings. The van der Waals surface area contributed by atoms with Gasteiger partial charge in [0.25, 0.3) is 0 Å². The zero-order chi connectivity index (χ0) is 17.0. The molecule has 0 bridgehead atoms. The molecule has 2 rings (SSSR count). The highest BCUT2D eigenvalue weighted by Gasteiger charge is 2.32. The molecule has 2 aromatic carbocycles. The summed E-state index contributed by atoms with van der Waals surface area (Å²) in [6, 6.07) is 8.98. The maximum atomic E-state index is 13.7. The van der Waals surface area contributed by atoms with Crippen LogP contribution in [0.15, 0.2) is 48.5 Å². The normalized spacial score (nSPS) is 11.7. The second kappa shape index (κ2) is 6.51. The van der Waals surface area contributed by atoms with Gasteiger partial charge in [-0.3, -0.25) is 0 Å². The molecule has 0 saturated heterocycles. The van der Waals surface area contributed by atoms with Crippen LogP contribution in [0.3, 0.4) is 0 Å². The fourth-order valence-electron chi connectivity index (χ4n) is 1.92. The average molecular weight is 326 g/mol. The van der Waals surface area contributed by atoms with Gasteiger partial charge in [0.1, 0.15) is 11.6 Å². The fourth-order valence-corrected chi connectivity index (χ4v) is 1.92. The van der Waals surface area contributed by atoms with Crippen molar-refractivity contribution in [2.75, 3.05) is 0 Å². The Morgan fingerprint density at radius 1 is 1.13 bits per heavy atom. The van der Waals surface area contributed by atoms with Gasteiger partial charge in [-0.2, -0.15) is 0 Å². The van der Waals surface area contributed by atoms with Gasteiger partial charge < -0.3 is 9.84 Å². The van der Waals surface area contributed by atoms with E-state index in [2.05, 4.69) is 4.74 Å². The lowest BCUT2D eigenvalue weighted by Crippen LogP contribution is -2.17. The number of hydrogen-bond donors (Lipinski definition) is 1. The van der Waals surface area contributed by atoms with Gasteiger partial charge in [-0.15, -0.1) is 13.2 Å². The molecule has 0 atom stereocenters. The Bertz CT molecular complexity index is 751. The lowest BCUT2D eigenvalue weighted by molar-refractivity contribution is -0.274. The molecule has 0 saturated carbocycles. The van der Waals surface area contributed by atoms with E-state index < -0.39 is 23.9 Å². The van der Waals surface area contributed by atoms with Gasteiger partial charge >= 0.3 is 12.3 Å². The van der Waals surface area contributed by atoms with Crippen molar-refractivity contribution in [2.24, 2.45) is 0 Å². The Hall–Kier alpha value is -2.83. The molecule has 0 radical (unpaired) electrons. The Balaban J connectivity index is 2.47.